The summed E-state index contributed by atoms with van der Waals surface area (Å²) < 4.78 is 0. The van der Waals surface area contributed by atoms with E-state index in [1.807, 2.05) is 6.07 Å². The van der Waals surface area contributed by atoms with Crippen LogP contribution in [0.15, 0.2) is 18.2 Å². The van der Waals surface area contributed by atoms with Crippen LogP contribution in [-0.4, -0.2) is 23.0 Å². The molecule has 0 aliphatic carbocycles. The molecule has 2 atom stereocenters. The molecule has 1 aromatic carbocycles. The molecule has 1 aliphatic rings. The summed E-state index contributed by atoms with van der Waals surface area (Å²) in [6.45, 7) is 4.38. The molecular formula is C14H22N4O. The molecule has 5 N–H and O–H groups in total. The number of primary amides is 1. The number of nitrogens with one attached hydrogen (secondary N) is 1. The van der Waals surface area contributed by atoms with Crippen LogP contribution in [0, 0.1) is 0 Å². The Morgan fingerprint density at radius 3 is 2.53 bits per heavy atom. The molecule has 1 heterocycles. The van der Waals surface area contributed by atoms with Gasteiger partial charge in [-0.1, -0.05) is 12.5 Å². The smallest absolute Gasteiger partial charge is 0.250 e. The van der Waals surface area contributed by atoms with E-state index in [2.05, 4.69) is 24.3 Å². The Labute approximate surface area is 113 Å². The lowest BCUT2D eigenvalue weighted by molar-refractivity contribution is 0.100. The van der Waals surface area contributed by atoms with E-state index in [0.29, 0.717) is 23.3 Å². The summed E-state index contributed by atoms with van der Waals surface area (Å²) in [7, 11) is 0. The monoisotopic (exact) mass is 262 g/mol. The molecule has 0 aromatic heterocycles. The summed E-state index contributed by atoms with van der Waals surface area (Å²) >= 11 is 0. The van der Waals surface area contributed by atoms with Crippen molar-refractivity contribution in [3.05, 3.63) is 23.8 Å². The van der Waals surface area contributed by atoms with Gasteiger partial charge in [-0.2, -0.15) is 0 Å². The van der Waals surface area contributed by atoms with Crippen molar-refractivity contribution in [2.45, 2.75) is 45.2 Å². The minimum atomic E-state index is -0.499. The predicted molar refractivity (Wildman–Crippen MR) is 77.6 cm³/mol. The van der Waals surface area contributed by atoms with Crippen molar-refractivity contribution < 1.29 is 4.79 Å². The third-order valence-electron chi connectivity index (χ3n) is 3.81. The van der Waals surface area contributed by atoms with E-state index in [4.69, 9.17) is 11.5 Å². The SMILES string of the molecule is CC1CCCC(C)N1Nc1cccc(C(N)=O)c1N. The zero-order valence-corrected chi connectivity index (χ0v) is 11.5. The number of nitrogens with two attached hydrogens (primary N) is 2. The second kappa shape index (κ2) is 5.48. The molecule has 0 bridgehead atoms. The average molecular weight is 262 g/mol. The van der Waals surface area contributed by atoms with Gasteiger partial charge in [0.1, 0.15) is 0 Å². The number of nitrogens with zero attached hydrogens (tertiary/aromatic N) is 1. The summed E-state index contributed by atoms with van der Waals surface area (Å²) in [6, 6.07) is 6.19. The highest BCUT2D eigenvalue weighted by Gasteiger charge is 2.25. The lowest BCUT2D eigenvalue weighted by Crippen LogP contribution is -2.47. The number of hydrazine groups is 1. The van der Waals surface area contributed by atoms with E-state index in [1.165, 1.54) is 6.42 Å². The molecule has 2 rings (SSSR count). The number of para-hydroxylation sites is 1. The first-order valence-electron chi connectivity index (χ1n) is 6.74. The summed E-state index contributed by atoms with van der Waals surface area (Å²) in [5, 5.41) is 2.21. The van der Waals surface area contributed by atoms with Gasteiger partial charge in [0.25, 0.3) is 5.91 Å². The number of rotatable bonds is 3. The van der Waals surface area contributed by atoms with Crippen LogP contribution in [0.4, 0.5) is 11.4 Å². The zero-order chi connectivity index (χ0) is 14.0. The molecule has 1 aliphatic heterocycles. The first-order chi connectivity index (χ1) is 9.00. The summed E-state index contributed by atoms with van der Waals surface area (Å²) in [6.07, 6.45) is 3.57. The second-order valence-electron chi connectivity index (χ2n) is 5.28. The zero-order valence-electron chi connectivity index (χ0n) is 11.5. The maximum atomic E-state index is 11.3. The summed E-state index contributed by atoms with van der Waals surface area (Å²) in [5.74, 6) is -0.499. The Morgan fingerprint density at radius 1 is 1.32 bits per heavy atom. The Morgan fingerprint density at radius 2 is 1.95 bits per heavy atom. The molecule has 19 heavy (non-hydrogen) atoms. The van der Waals surface area contributed by atoms with E-state index in [1.54, 1.807) is 12.1 Å². The number of hydrogen-bond acceptors (Lipinski definition) is 4. The van der Waals surface area contributed by atoms with Crippen molar-refractivity contribution in [3.63, 3.8) is 0 Å². The van der Waals surface area contributed by atoms with Crippen molar-refractivity contribution in [2.24, 2.45) is 5.73 Å². The number of nitrogen functional groups attached to an aromatic ring is 1. The van der Waals surface area contributed by atoms with Crippen molar-refractivity contribution in [1.82, 2.24) is 5.01 Å². The van der Waals surface area contributed by atoms with Crippen molar-refractivity contribution in [1.29, 1.82) is 0 Å². The fourth-order valence-electron chi connectivity index (χ4n) is 2.66. The van der Waals surface area contributed by atoms with Gasteiger partial charge in [-0.25, -0.2) is 5.01 Å². The predicted octanol–water partition coefficient (Wildman–Crippen LogP) is 1.96. The van der Waals surface area contributed by atoms with Crippen LogP contribution in [0.3, 0.4) is 0 Å². The number of hydrogen-bond donors (Lipinski definition) is 3. The lowest BCUT2D eigenvalue weighted by Gasteiger charge is -2.39. The molecule has 1 aromatic rings. The van der Waals surface area contributed by atoms with E-state index in [-0.39, 0.29) is 0 Å². The van der Waals surface area contributed by atoms with E-state index in [0.717, 1.165) is 18.5 Å². The van der Waals surface area contributed by atoms with Gasteiger partial charge in [-0.05, 0) is 38.8 Å². The Balaban J connectivity index is 2.23. The van der Waals surface area contributed by atoms with Crippen LogP contribution in [-0.2, 0) is 0 Å². The van der Waals surface area contributed by atoms with Crippen LogP contribution in [0.25, 0.3) is 0 Å². The van der Waals surface area contributed by atoms with E-state index in [9.17, 15) is 4.79 Å². The maximum Gasteiger partial charge on any atom is 0.250 e. The molecule has 5 heteroatoms. The summed E-state index contributed by atoms with van der Waals surface area (Å²) in [5.41, 5.74) is 16.2. The third kappa shape index (κ3) is 2.81. The normalized spacial score (nSPS) is 24.1. The van der Waals surface area contributed by atoms with Crippen molar-refractivity contribution >= 4 is 17.3 Å². The first kappa shape index (κ1) is 13.7. The van der Waals surface area contributed by atoms with E-state index < -0.39 is 5.91 Å². The summed E-state index contributed by atoms with van der Waals surface area (Å²) in [4.78, 5) is 11.3. The number of piperidine rings is 1. The highest BCUT2D eigenvalue weighted by molar-refractivity contribution is 6.00. The van der Waals surface area contributed by atoms with Gasteiger partial charge in [0.15, 0.2) is 0 Å². The molecule has 0 spiro atoms. The van der Waals surface area contributed by atoms with Gasteiger partial charge in [0.05, 0.1) is 16.9 Å². The standard InChI is InChI=1S/C14H22N4O/c1-9-5-3-6-10(2)18(9)17-12-8-4-7-11(13(12)15)14(16)19/h4,7-10,17H,3,5-6,15H2,1-2H3,(H2,16,19). The average Bonchev–Trinajstić information content (AvgIpc) is 2.35. The number of carbonyl (C=O) groups is 1. The van der Waals surface area contributed by atoms with Crippen LogP contribution in [0.2, 0.25) is 0 Å². The fourth-order valence-corrected chi connectivity index (χ4v) is 2.66. The van der Waals surface area contributed by atoms with Gasteiger partial charge in [0, 0.05) is 12.1 Å². The molecule has 0 radical (unpaired) electrons. The highest BCUT2D eigenvalue weighted by atomic mass is 16.1. The Kier molecular flexibility index (Phi) is 3.95. The van der Waals surface area contributed by atoms with Gasteiger partial charge >= 0.3 is 0 Å². The molecule has 1 saturated heterocycles. The topological polar surface area (TPSA) is 84.4 Å². The maximum absolute atomic E-state index is 11.3. The number of benzene rings is 1. The Bertz CT molecular complexity index is 465. The van der Waals surface area contributed by atoms with Crippen LogP contribution >= 0.6 is 0 Å². The minimum absolute atomic E-state index is 0.363. The van der Waals surface area contributed by atoms with E-state index >= 15 is 0 Å². The minimum Gasteiger partial charge on any atom is -0.396 e. The fraction of sp³-hybridized carbons (Fsp3) is 0.500. The number of anilines is 2. The molecule has 1 fully saturated rings. The first-order valence-corrected chi connectivity index (χ1v) is 6.74. The van der Waals surface area contributed by atoms with Crippen molar-refractivity contribution in [2.75, 3.05) is 11.2 Å². The van der Waals surface area contributed by atoms with Gasteiger partial charge in [0.2, 0.25) is 0 Å². The third-order valence-corrected chi connectivity index (χ3v) is 3.81. The lowest BCUT2D eigenvalue weighted by atomic mass is 10.00. The van der Waals surface area contributed by atoms with Gasteiger partial charge in [-0.15, -0.1) is 0 Å². The van der Waals surface area contributed by atoms with Crippen molar-refractivity contribution in [3.8, 4) is 0 Å². The largest absolute Gasteiger partial charge is 0.396 e. The Hall–Kier alpha value is -1.75. The molecule has 104 valence electrons. The quantitative estimate of drug-likeness (QED) is 0.727. The van der Waals surface area contributed by atoms with Crippen LogP contribution in [0.1, 0.15) is 43.5 Å². The van der Waals surface area contributed by atoms with Crippen LogP contribution < -0.4 is 16.9 Å². The van der Waals surface area contributed by atoms with Crippen LogP contribution in [0.5, 0.6) is 0 Å². The molecular weight excluding hydrogens is 240 g/mol. The highest BCUT2D eigenvalue weighted by Crippen LogP contribution is 2.27. The molecule has 5 nitrogen and oxygen atoms in total. The number of carbonyl (C=O) groups excluding carboxylic acids is 1. The van der Waals surface area contributed by atoms with Gasteiger partial charge < -0.3 is 16.9 Å². The molecule has 0 saturated carbocycles. The van der Waals surface area contributed by atoms with Gasteiger partial charge in [-0.3, -0.25) is 4.79 Å². The number of amides is 1. The second-order valence-corrected chi connectivity index (χ2v) is 5.28. The molecule has 2 unspecified atom stereocenters. The molecule has 1 amide bonds.